The molecule has 0 N–H and O–H groups in total. The van der Waals surface area contributed by atoms with E-state index < -0.39 is 5.97 Å². The minimum absolute atomic E-state index is 0.256. The van der Waals surface area contributed by atoms with E-state index in [-0.39, 0.29) is 5.82 Å². The Labute approximate surface area is 90.4 Å². The molecule has 1 aromatic heterocycles. The van der Waals surface area contributed by atoms with Gasteiger partial charge in [-0.15, -0.1) is 0 Å². The highest BCUT2D eigenvalue weighted by Gasteiger charge is 2.12. The third-order valence-corrected chi connectivity index (χ3v) is 1.81. The van der Waals surface area contributed by atoms with E-state index in [0.717, 1.165) is 0 Å². The van der Waals surface area contributed by atoms with Gasteiger partial charge in [-0.1, -0.05) is 21.9 Å². The number of carbonyl (C=O) groups excluding carboxylic acids is 1. The molecule has 0 atom stereocenters. The number of esters is 1. The van der Waals surface area contributed by atoms with Crippen LogP contribution in [0.25, 0.3) is 0 Å². The molecule has 5 heteroatoms. The number of halogens is 1. The number of imidazole rings is 1. The predicted octanol–water partition coefficient (Wildman–Crippen LogP) is 0.953. The number of ether oxygens (including phenoxy) is 1. The summed E-state index contributed by atoms with van der Waals surface area (Å²) in [5, 5.41) is 0.580. The molecule has 1 rings (SSSR count). The summed E-state index contributed by atoms with van der Waals surface area (Å²) in [7, 11) is 3.04. The molecule has 0 aromatic carbocycles. The standard InChI is InChI=1S/C9H9BrN2O2/c1-12-6-7(4-3-5-10)11-8(12)9(13)14-2/h6H,5H2,1-2H3. The lowest BCUT2D eigenvalue weighted by Gasteiger charge is -1.96. The van der Waals surface area contributed by atoms with Crippen LogP contribution in [-0.4, -0.2) is 28.0 Å². The van der Waals surface area contributed by atoms with Gasteiger partial charge in [0, 0.05) is 13.2 Å². The molecular weight excluding hydrogens is 248 g/mol. The van der Waals surface area contributed by atoms with Gasteiger partial charge in [-0.05, 0) is 5.92 Å². The highest BCUT2D eigenvalue weighted by atomic mass is 79.9. The minimum atomic E-state index is -0.459. The fraction of sp³-hybridized carbons (Fsp3) is 0.333. The molecule has 0 fully saturated rings. The lowest BCUT2D eigenvalue weighted by Crippen LogP contribution is -2.08. The molecule has 0 radical (unpaired) electrons. The molecule has 4 nitrogen and oxygen atoms in total. The molecule has 74 valence electrons. The van der Waals surface area contributed by atoms with E-state index >= 15 is 0 Å². The Morgan fingerprint density at radius 1 is 1.79 bits per heavy atom. The molecule has 14 heavy (non-hydrogen) atoms. The SMILES string of the molecule is COC(=O)c1nc(C#CCBr)cn1C. The van der Waals surface area contributed by atoms with Crippen molar-refractivity contribution in [3.8, 4) is 11.8 Å². The summed E-state index contributed by atoms with van der Waals surface area (Å²) >= 11 is 3.17. The summed E-state index contributed by atoms with van der Waals surface area (Å²) in [6, 6.07) is 0. The summed E-state index contributed by atoms with van der Waals surface area (Å²) in [4.78, 5) is 15.2. The van der Waals surface area contributed by atoms with Gasteiger partial charge in [0.1, 0.15) is 5.69 Å². The maximum atomic E-state index is 11.2. The Bertz CT molecular complexity index is 401. The first-order chi connectivity index (χ1) is 6.69. The largest absolute Gasteiger partial charge is 0.463 e. The average molecular weight is 257 g/mol. The molecular formula is C9H9BrN2O2. The molecule has 0 amide bonds. The van der Waals surface area contributed by atoms with Crippen LogP contribution in [0.15, 0.2) is 6.20 Å². The van der Waals surface area contributed by atoms with Gasteiger partial charge in [0.25, 0.3) is 0 Å². The van der Waals surface area contributed by atoms with Gasteiger partial charge >= 0.3 is 5.97 Å². The predicted molar refractivity (Wildman–Crippen MR) is 55.2 cm³/mol. The van der Waals surface area contributed by atoms with Crippen LogP contribution in [0.2, 0.25) is 0 Å². The smallest absolute Gasteiger partial charge is 0.374 e. The molecule has 0 saturated carbocycles. The molecule has 1 aromatic rings. The first kappa shape index (κ1) is 10.8. The van der Waals surface area contributed by atoms with Gasteiger partial charge in [0.2, 0.25) is 5.82 Å². The molecule has 0 bridgehead atoms. The van der Waals surface area contributed by atoms with Gasteiger partial charge < -0.3 is 9.30 Å². The third-order valence-electron chi connectivity index (χ3n) is 1.53. The lowest BCUT2D eigenvalue weighted by atomic mass is 10.5. The van der Waals surface area contributed by atoms with Gasteiger partial charge in [0.15, 0.2) is 0 Å². The van der Waals surface area contributed by atoms with Crippen LogP contribution in [0.1, 0.15) is 16.3 Å². The van der Waals surface area contributed by atoms with Crippen LogP contribution in [-0.2, 0) is 11.8 Å². The first-order valence-electron chi connectivity index (χ1n) is 3.85. The zero-order valence-electron chi connectivity index (χ0n) is 7.87. The van der Waals surface area contributed by atoms with Crippen molar-refractivity contribution in [2.24, 2.45) is 7.05 Å². The van der Waals surface area contributed by atoms with Crippen molar-refractivity contribution in [3.63, 3.8) is 0 Å². The van der Waals surface area contributed by atoms with Crippen LogP contribution >= 0.6 is 15.9 Å². The average Bonchev–Trinajstić information content (AvgIpc) is 2.55. The molecule has 0 saturated heterocycles. The summed E-state index contributed by atoms with van der Waals surface area (Å²) in [6.07, 6.45) is 1.68. The van der Waals surface area contributed by atoms with Crippen molar-refractivity contribution in [1.82, 2.24) is 9.55 Å². The molecule has 0 unspecified atom stereocenters. The highest BCUT2D eigenvalue weighted by molar-refractivity contribution is 9.09. The number of rotatable bonds is 1. The topological polar surface area (TPSA) is 44.1 Å². The molecule has 0 aliphatic heterocycles. The van der Waals surface area contributed by atoms with Gasteiger partial charge in [-0.2, -0.15) is 0 Å². The van der Waals surface area contributed by atoms with Crippen molar-refractivity contribution >= 4 is 21.9 Å². The Morgan fingerprint density at radius 3 is 3.07 bits per heavy atom. The Kier molecular flexibility index (Phi) is 3.72. The second-order valence-corrected chi connectivity index (χ2v) is 3.05. The normalized spacial score (nSPS) is 9.07. The van der Waals surface area contributed by atoms with Crippen LogP contribution in [0.4, 0.5) is 0 Å². The Balaban J connectivity index is 2.99. The van der Waals surface area contributed by atoms with E-state index in [4.69, 9.17) is 0 Å². The zero-order chi connectivity index (χ0) is 10.6. The Morgan fingerprint density at radius 2 is 2.50 bits per heavy atom. The fourth-order valence-corrected chi connectivity index (χ4v) is 1.07. The molecule has 1 heterocycles. The minimum Gasteiger partial charge on any atom is -0.463 e. The number of alkyl halides is 1. The molecule has 0 aliphatic carbocycles. The first-order valence-corrected chi connectivity index (χ1v) is 4.97. The number of hydrogen-bond acceptors (Lipinski definition) is 3. The van der Waals surface area contributed by atoms with Crippen LogP contribution < -0.4 is 0 Å². The van der Waals surface area contributed by atoms with E-state index in [1.165, 1.54) is 7.11 Å². The van der Waals surface area contributed by atoms with Crippen LogP contribution in [0, 0.1) is 11.8 Å². The number of aromatic nitrogens is 2. The van der Waals surface area contributed by atoms with Crippen molar-refractivity contribution in [2.75, 3.05) is 12.4 Å². The summed E-state index contributed by atoms with van der Waals surface area (Å²) in [6.45, 7) is 0. The van der Waals surface area contributed by atoms with Crippen molar-refractivity contribution < 1.29 is 9.53 Å². The number of hydrogen-bond donors (Lipinski definition) is 0. The van der Waals surface area contributed by atoms with Gasteiger partial charge in [-0.3, -0.25) is 0 Å². The zero-order valence-corrected chi connectivity index (χ0v) is 9.46. The second-order valence-electron chi connectivity index (χ2n) is 2.49. The van der Waals surface area contributed by atoms with E-state index in [9.17, 15) is 4.79 Å². The van der Waals surface area contributed by atoms with Crippen LogP contribution in [0.5, 0.6) is 0 Å². The van der Waals surface area contributed by atoms with E-state index in [2.05, 4.69) is 37.5 Å². The van der Waals surface area contributed by atoms with Gasteiger partial charge in [0.05, 0.1) is 12.4 Å². The van der Waals surface area contributed by atoms with E-state index in [1.54, 1.807) is 17.8 Å². The number of methoxy groups -OCH3 is 1. The van der Waals surface area contributed by atoms with E-state index in [0.29, 0.717) is 11.0 Å². The maximum Gasteiger partial charge on any atom is 0.374 e. The number of aryl methyl sites for hydroxylation is 1. The van der Waals surface area contributed by atoms with E-state index in [1.807, 2.05) is 0 Å². The molecule has 0 aliphatic rings. The summed E-state index contributed by atoms with van der Waals surface area (Å²) in [5.41, 5.74) is 0.562. The summed E-state index contributed by atoms with van der Waals surface area (Å²) in [5.74, 6) is 5.40. The summed E-state index contributed by atoms with van der Waals surface area (Å²) < 4.78 is 6.14. The van der Waals surface area contributed by atoms with Crippen molar-refractivity contribution in [3.05, 3.63) is 17.7 Å². The number of carbonyl (C=O) groups is 1. The maximum absolute atomic E-state index is 11.2. The lowest BCUT2D eigenvalue weighted by molar-refractivity contribution is 0.0583. The monoisotopic (exact) mass is 256 g/mol. The van der Waals surface area contributed by atoms with Crippen molar-refractivity contribution in [1.29, 1.82) is 0 Å². The molecule has 0 spiro atoms. The fourth-order valence-electron chi connectivity index (χ4n) is 0.932. The van der Waals surface area contributed by atoms with Crippen LogP contribution in [0.3, 0.4) is 0 Å². The number of nitrogens with zero attached hydrogens (tertiary/aromatic N) is 2. The quantitative estimate of drug-likeness (QED) is 0.427. The van der Waals surface area contributed by atoms with Gasteiger partial charge in [-0.25, -0.2) is 9.78 Å². The third kappa shape index (κ3) is 2.36. The second kappa shape index (κ2) is 4.82. The highest BCUT2D eigenvalue weighted by Crippen LogP contribution is 2.01. The van der Waals surface area contributed by atoms with Crippen molar-refractivity contribution in [2.45, 2.75) is 0 Å². The Hall–Kier alpha value is -1.28.